The first kappa shape index (κ1) is 10.5. The quantitative estimate of drug-likeness (QED) is 0.635. The molecule has 0 radical (unpaired) electrons. The first-order valence-corrected chi connectivity index (χ1v) is 5.39. The third-order valence-electron chi connectivity index (χ3n) is 2.68. The maximum absolute atomic E-state index is 11.2. The summed E-state index contributed by atoms with van der Waals surface area (Å²) in [6.45, 7) is 5.97. The van der Waals surface area contributed by atoms with Crippen LogP contribution >= 0.6 is 0 Å². The van der Waals surface area contributed by atoms with Crippen molar-refractivity contribution in [2.75, 3.05) is 13.1 Å². The van der Waals surface area contributed by atoms with Crippen molar-refractivity contribution in [1.29, 1.82) is 0 Å². The van der Waals surface area contributed by atoms with Gasteiger partial charge in [0.2, 0.25) is 5.91 Å². The standard InChI is InChI=1S/C8H14N2O.C2H6/c11-8-6(3-5-10-8)7-2-1-4-9-7;1-2/h6-7,9H,1-5H2,(H,10,11);1-2H3/t6?,7-;/m0./s1. The highest BCUT2D eigenvalue weighted by Crippen LogP contribution is 2.20. The molecular formula is C10H20N2O. The number of rotatable bonds is 1. The third-order valence-corrected chi connectivity index (χ3v) is 2.68. The van der Waals surface area contributed by atoms with Crippen molar-refractivity contribution in [3.63, 3.8) is 0 Å². The summed E-state index contributed by atoms with van der Waals surface area (Å²) in [4.78, 5) is 11.2. The predicted octanol–water partition coefficient (Wildman–Crippen LogP) is 0.901. The van der Waals surface area contributed by atoms with Crippen LogP contribution in [0.15, 0.2) is 0 Å². The van der Waals surface area contributed by atoms with Gasteiger partial charge in [-0.15, -0.1) is 0 Å². The summed E-state index contributed by atoms with van der Waals surface area (Å²) in [6, 6.07) is 0.470. The van der Waals surface area contributed by atoms with Crippen LogP contribution in [0.25, 0.3) is 0 Å². The molecule has 1 unspecified atom stereocenters. The van der Waals surface area contributed by atoms with E-state index in [0.717, 1.165) is 19.5 Å². The Hall–Kier alpha value is -0.570. The second kappa shape index (κ2) is 5.22. The van der Waals surface area contributed by atoms with Crippen LogP contribution in [0.2, 0.25) is 0 Å². The van der Waals surface area contributed by atoms with Crippen molar-refractivity contribution < 1.29 is 4.79 Å². The average molecular weight is 184 g/mol. The van der Waals surface area contributed by atoms with E-state index in [4.69, 9.17) is 0 Å². The molecule has 2 fully saturated rings. The van der Waals surface area contributed by atoms with E-state index in [1.54, 1.807) is 0 Å². The zero-order valence-electron chi connectivity index (χ0n) is 8.60. The highest BCUT2D eigenvalue weighted by Gasteiger charge is 2.33. The fraction of sp³-hybridized carbons (Fsp3) is 0.900. The Balaban J connectivity index is 0.000000396. The number of nitrogens with one attached hydrogen (secondary N) is 2. The van der Waals surface area contributed by atoms with E-state index in [1.807, 2.05) is 13.8 Å². The Morgan fingerprint density at radius 2 is 2.00 bits per heavy atom. The van der Waals surface area contributed by atoms with Crippen molar-refractivity contribution in [3.8, 4) is 0 Å². The van der Waals surface area contributed by atoms with Gasteiger partial charge in [-0.1, -0.05) is 13.8 Å². The summed E-state index contributed by atoms with van der Waals surface area (Å²) in [5.41, 5.74) is 0. The zero-order chi connectivity index (χ0) is 9.68. The number of hydrogen-bond acceptors (Lipinski definition) is 2. The molecule has 0 aromatic heterocycles. The van der Waals surface area contributed by atoms with Crippen LogP contribution in [0.1, 0.15) is 33.1 Å². The Morgan fingerprint density at radius 1 is 1.23 bits per heavy atom. The van der Waals surface area contributed by atoms with Crippen LogP contribution in [-0.4, -0.2) is 25.0 Å². The molecular weight excluding hydrogens is 164 g/mol. The number of carbonyl (C=O) groups excluding carboxylic acids is 1. The van der Waals surface area contributed by atoms with Crippen molar-refractivity contribution in [2.45, 2.75) is 39.2 Å². The number of carbonyl (C=O) groups is 1. The molecule has 2 N–H and O–H groups in total. The fourth-order valence-corrected chi connectivity index (χ4v) is 2.05. The van der Waals surface area contributed by atoms with Crippen LogP contribution < -0.4 is 10.6 Å². The normalized spacial score (nSPS) is 32.3. The van der Waals surface area contributed by atoms with Crippen LogP contribution in [0.5, 0.6) is 0 Å². The maximum atomic E-state index is 11.2. The molecule has 3 nitrogen and oxygen atoms in total. The van der Waals surface area contributed by atoms with E-state index in [9.17, 15) is 4.79 Å². The molecule has 1 amide bonds. The van der Waals surface area contributed by atoms with Gasteiger partial charge in [0.05, 0.1) is 5.92 Å². The highest BCUT2D eigenvalue weighted by molar-refractivity contribution is 5.81. The monoisotopic (exact) mass is 184 g/mol. The van der Waals surface area contributed by atoms with Gasteiger partial charge in [-0.25, -0.2) is 0 Å². The van der Waals surface area contributed by atoms with E-state index in [1.165, 1.54) is 12.8 Å². The van der Waals surface area contributed by atoms with Gasteiger partial charge in [-0.2, -0.15) is 0 Å². The Morgan fingerprint density at radius 3 is 2.46 bits per heavy atom. The largest absolute Gasteiger partial charge is 0.356 e. The third kappa shape index (κ3) is 2.44. The van der Waals surface area contributed by atoms with E-state index >= 15 is 0 Å². The summed E-state index contributed by atoms with van der Waals surface area (Å²) in [5.74, 6) is 0.516. The Bertz CT molecular complexity index is 164. The van der Waals surface area contributed by atoms with Gasteiger partial charge in [0.25, 0.3) is 0 Å². The molecule has 0 bridgehead atoms. The maximum Gasteiger partial charge on any atom is 0.224 e. The van der Waals surface area contributed by atoms with Crippen molar-refractivity contribution >= 4 is 5.91 Å². The second-order valence-corrected chi connectivity index (χ2v) is 3.39. The number of hydrogen-bond donors (Lipinski definition) is 2. The summed E-state index contributed by atoms with van der Waals surface area (Å²) in [6.07, 6.45) is 3.43. The minimum absolute atomic E-state index is 0.254. The minimum atomic E-state index is 0.254. The number of amides is 1. The van der Waals surface area contributed by atoms with E-state index in [-0.39, 0.29) is 11.8 Å². The highest BCUT2D eigenvalue weighted by atomic mass is 16.2. The van der Waals surface area contributed by atoms with Gasteiger partial charge in [-0.05, 0) is 25.8 Å². The van der Waals surface area contributed by atoms with Crippen molar-refractivity contribution in [3.05, 3.63) is 0 Å². The molecule has 76 valence electrons. The van der Waals surface area contributed by atoms with Gasteiger partial charge in [0.15, 0.2) is 0 Å². The summed E-state index contributed by atoms with van der Waals surface area (Å²) >= 11 is 0. The van der Waals surface area contributed by atoms with E-state index in [2.05, 4.69) is 10.6 Å². The molecule has 2 aliphatic heterocycles. The lowest BCUT2D eigenvalue weighted by atomic mass is 9.97. The zero-order valence-corrected chi connectivity index (χ0v) is 8.60. The lowest BCUT2D eigenvalue weighted by Gasteiger charge is -2.14. The predicted molar refractivity (Wildman–Crippen MR) is 53.5 cm³/mol. The molecule has 13 heavy (non-hydrogen) atoms. The Kier molecular flexibility index (Phi) is 4.22. The Labute approximate surface area is 80.3 Å². The van der Waals surface area contributed by atoms with Crippen LogP contribution in [0.3, 0.4) is 0 Å². The first-order chi connectivity index (χ1) is 6.38. The van der Waals surface area contributed by atoms with Gasteiger partial charge in [0.1, 0.15) is 0 Å². The molecule has 3 heteroatoms. The summed E-state index contributed by atoms with van der Waals surface area (Å²) < 4.78 is 0. The first-order valence-electron chi connectivity index (χ1n) is 5.39. The summed E-state index contributed by atoms with van der Waals surface area (Å²) in [7, 11) is 0. The van der Waals surface area contributed by atoms with Crippen molar-refractivity contribution in [1.82, 2.24) is 10.6 Å². The second-order valence-electron chi connectivity index (χ2n) is 3.39. The molecule has 2 atom stereocenters. The molecule has 2 rings (SSSR count). The minimum Gasteiger partial charge on any atom is -0.356 e. The van der Waals surface area contributed by atoms with Crippen molar-refractivity contribution in [2.24, 2.45) is 5.92 Å². The van der Waals surface area contributed by atoms with Gasteiger partial charge >= 0.3 is 0 Å². The molecule has 0 aromatic carbocycles. The molecule has 2 heterocycles. The molecule has 0 saturated carbocycles. The lowest BCUT2D eigenvalue weighted by molar-refractivity contribution is -0.123. The lowest BCUT2D eigenvalue weighted by Crippen LogP contribution is -2.35. The topological polar surface area (TPSA) is 41.1 Å². The van der Waals surface area contributed by atoms with Gasteiger partial charge in [-0.3, -0.25) is 4.79 Å². The molecule has 0 aliphatic carbocycles. The van der Waals surface area contributed by atoms with Crippen LogP contribution in [-0.2, 0) is 4.79 Å². The smallest absolute Gasteiger partial charge is 0.224 e. The van der Waals surface area contributed by atoms with Gasteiger partial charge < -0.3 is 10.6 Å². The molecule has 0 spiro atoms. The molecule has 2 aliphatic rings. The van der Waals surface area contributed by atoms with E-state index in [0.29, 0.717) is 6.04 Å². The fourth-order valence-electron chi connectivity index (χ4n) is 2.05. The van der Waals surface area contributed by atoms with Crippen LogP contribution in [0.4, 0.5) is 0 Å². The van der Waals surface area contributed by atoms with E-state index < -0.39 is 0 Å². The summed E-state index contributed by atoms with van der Waals surface area (Å²) in [5, 5.41) is 6.24. The van der Waals surface area contributed by atoms with Crippen LogP contribution in [0, 0.1) is 5.92 Å². The average Bonchev–Trinajstić information content (AvgIpc) is 2.77. The van der Waals surface area contributed by atoms with Gasteiger partial charge in [0, 0.05) is 12.6 Å². The SMILES string of the molecule is CC.O=C1NCCC1[C@@H]1CCCN1. The molecule has 2 saturated heterocycles. The molecule has 0 aromatic rings.